The summed E-state index contributed by atoms with van der Waals surface area (Å²) in [5, 5.41) is -0.0410. The van der Waals surface area contributed by atoms with Crippen LogP contribution in [-0.4, -0.2) is 18.4 Å². The van der Waals surface area contributed by atoms with Crippen LogP contribution in [0.3, 0.4) is 0 Å². The Morgan fingerprint density at radius 2 is 1.32 bits per heavy atom. The van der Waals surface area contributed by atoms with Crippen LogP contribution in [0, 0.1) is 6.92 Å². The van der Waals surface area contributed by atoms with Crippen LogP contribution in [0.25, 0.3) is 23.2 Å². The van der Waals surface area contributed by atoms with E-state index in [1.54, 1.807) is 42.5 Å². The van der Waals surface area contributed by atoms with Gasteiger partial charge in [-0.3, -0.25) is 0 Å². The van der Waals surface area contributed by atoms with Crippen molar-refractivity contribution < 1.29 is 8.42 Å². The Morgan fingerprint density at radius 1 is 0.714 bits per heavy atom. The van der Waals surface area contributed by atoms with E-state index in [1.165, 1.54) is 0 Å². The second-order valence-corrected chi connectivity index (χ2v) is 8.33. The van der Waals surface area contributed by atoms with Crippen LogP contribution >= 0.6 is 0 Å². The maximum Gasteiger partial charge on any atom is 0.226 e. The van der Waals surface area contributed by atoms with Gasteiger partial charge in [0.15, 0.2) is 5.03 Å². The van der Waals surface area contributed by atoms with Crippen molar-refractivity contribution in [2.45, 2.75) is 16.8 Å². The summed E-state index contributed by atoms with van der Waals surface area (Å²) in [4.78, 5) is 9.22. The summed E-state index contributed by atoms with van der Waals surface area (Å²) in [6, 6.07) is 23.5. The lowest BCUT2D eigenvalue weighted by Crippen LogP contribution is -2.08. The first-order valence-corrected chi connectivity index (χ1v) is 10.3. The fourth-order valence-electron chi connectivity index (χ4n) is 2.87. The maximum absolute atomic E-state index is 13.2. The van der Waals surface area contributed by atoms with Gasteiger partial charge in [0.25, 0.3) is 0 Å². The number of hydrogen-bond acceptors (Lipinski definition) is 4. The summed E-state index contributed by atoms with van der Waals surface area (Å²) < 4.78 is 26.4. The molecule has 1 heterocycles. The highest BCUT2D eigenvalue weighted by Gasteiger charge is 2.23. The molecule has 138 valence electrons. The molecule has 0 aliphatic carbocycles. The minimum atomic E-state index is -3.80. The number of fused-ring (bicyclic) bond motifs is 1. The molecule has 5 heteroatoms. The highest BCUT2D eigenvalue weighted by molar-refractivity contribution is 7.91. The Kier molecular flexibility index (Phi) is 4.75. The number of para-hydroxylation sites is 2. The SMILES string of the molecule is Cc1ccc(C=Cc2nc3ccccc3nc2S(=O)(=O)c2ccccc2)cc1. The summed E-state index contributed by atoms with van der Waals surface area (Å²) in [6.45, 7) is 2.02. The quantitative estimate of drug-likeness (QED) is 0.498. The summed E-state index contributed by atoms with van der Waals surface area (Å²) in [5.41, 5.74) is 3.64. The molecule has 0 amide bonds. The molecule has 0 aliphatic rings. The highest BCUT2D eigenvalue weighted by Crippen LogP contribution is 2.25. The summed E-state index contributed by atoms with van der Waals surface area (Å²) in [5.74, 6) is 0. The van der Waals surface area contributed by atoms with Crippen molar-refractivity contribution in [2.75, 3.05) is 0 Å². The van der Waals surface area contributed by atoms with Crippen LogP contribution in [0.5, 0.6) is 0 Å². The molecule has 0 aliphatic heterocycles. The minimum Gasteiger partial charge on any atom is -0.244 e. The molecule has 0 bridgehead atoms. The molecule has 0 spiro atoms. The lowest BCUT2D eigenvalue weighted by atomic mass is 10.1. The van der Waals surface area contributed by atoms with Crippen LogP contribution in [0.4, 0.5) is 0 Å². The topological polar surface area (TPSA) is 59.9 Å². The van der Waals surface area contributed by atoms with Crippen molar-refractivity contribution in [3.63, 3.8) is 0 Å². The van der Waals surface area contributed by atoms with E-state index in [1.807, 2.05) is 55.5 Å². The molecule has 0 radical (unpaired) electrons. The zero-order valence-electron chi connectivity index (χ0n) is 15.3. The highest BCUT2D eigenvalue weighted by atomic mass is 32.2. The molecular formula is C23H18N2O2S. The van der Waals surface area contributed by atoms with Gasteiger partial charge in [0, 0.05) is 0 Å². The van der Waals surface area contributed by atoms with Crippen molar-refractivity contribution in [3.8, 4) is 0 Å². The molecule has 0 saturated heterocycles. The Morgan fingerprint density at radius 3 is 2.00 bits per heavy atom. The number of nitrogens with zero attached hydrogens (tertiary/aromatic N) is 2. The van der Waals surface area contributed by atoms with Gasteiger partial charge in [0.05, 0.1) is 15.9 Å². The molecule has 0 saturated carbocycles. The van der Waals surface area contributed by atoms with Gasteiger partial charge in [-0.2, -0.15) is 0 Å². The number of sulfone groups is 1. The Balaban J connectivity index is 1.89. The lowest BCUT2D eigenvalue weighted by Gasteiger charge is -2.08. The van der Waals surface area contributed by atoms with E-state index in [-0.39, 0.29) is 9.92 Å². The standard InChI is InChI=1S/C23H18N2O2S/c1-17-11-13-18(14-12-17)15-16-22-23(25-21-10-6-5-9-20(21)24-22)28(26,27)19-7-3-2-4-8-19/h2-16H,1H3. The van der Waals surface area contributed by atoms with E-state index >= 15 is 0 Å². The average molecular weight is 386 g/mol. The van der Waals surface area contributed by atoms with Gasteiger partial charge in [0.1, 0.15) is 5.69 Å². The van der Waals surface area contributed by atoms with E-state index < -0.39 is 9.84 Å². The normalized spacial score (nSPS) is 11.9. The van der Waals surface area contributed by atoms with E-state index in [0.29, 0.717) is 16.7 Å². The van der Waals surface area contributed by atoms with Crippen LogP contribution < -0.4 is 0 Å². The molecular weight excluding hydrogens is 368 g/mol. The Hall–Kier alpha value is -3.31. The number of hydrogen-bond donors (Lipinski definition) is 0. The van der Waals surface area contributed by atoms with Crippen LogP contribution in [0.15, 0.2) is 88.8 Å². The third kappa shape index (κ3) is 3.57. The van der Waals surface area contributed by atoms with Crippen molar-refractivity contribution in [2.24, 2.45) is 0 Å². The van der Waals surface area contributed by atoms with Crippen molar-refractivity contribution >= 4 is 33.0 Å². The van der Waals surface area contributed by atoms with E-state index in [9.17, 15) is 8.42 Å². The van der Waals surface area contributed by atoms with Crippen LogP contribution in [0.1, 0.15) is 16.8 Å². The third-order valence-corrected chi connectivity index (χ3v) is 6.09. The van der Waals surface area contributed by atoms with E-state index in [2.05, 4.69) is 9.97 Å². The fourth-order valence-corrected chi connectivity index (χ4v) is 4.21. The molecule has 3 aromatic carbocycles. The lowest BCUT2D eigenvalue weighted by molar-refractivity contribution is 0.592. The monoisotopic (exact) mass is 386 g/mol. The molecule has 0 atom stereocenters. The molecule has 28 heavy (non-hydrogen) atoms. The van der Waals surface area contributed by atoms with Crippen LogP contribution in [0.2, 0.25) is 0 Å². The number of benzene rings is 3. The van der Waals surface area contributed by atoms with Gasteiger partial charge >= 0.3 is 0 Å². The van der Waals surface area contributed by atoms with E-state index in [0.717, 1.165) is 11.1 Å². The van der Waals surface area contributed by atoms with Gasteiger partial charge in [-0.1, -0.05) is 66.2 Å². The molecule has 4 nitrogen and oxygen atoms in total. The van der Waals surface area contributed by atoms with Crippen LogP contribution in [-0.2, 0) is 9.84 Å². The number of rotatable bonds is 4. The Bertz CT molecular complexity index is 1260. The Labute approximate surface area is 164 Å². The fraction of sp³-hybridized carbons (Fsp3) is 0.0435. The maximum atomic E-state index is 13.2. The molecule has 0 unspecified atom stereocenters. The largest absolute Gasteiger partial charge is 0.244 e. The summed E-state index contributed by atoms with van der Waals surface area (Å²) in [7, 11) is -3.80. The first-order valence-electron chi connectivity index (χ1n) is 8.86. The first-order chi connectivity index (χ1) is 13.5. The molecule has 0 fully saturated rings. The van der Waals surface area contributed by atoms with Gasteiger partial charge < -0.3 is 0 Å². The minimum absolute atomic E-state index is 0.0410. The predicted octanol–water partition coefficient (Wildman–Crippen LogP) is 4.94. The molecule has 4 aromatic rings. The van der Waals surface area contributed by atoms with Gasteiger partial charge in [-0.05, 0) is 42.8 Å². The second-order valence-electron chi connectivity index (χ2n) is 6.46. The predicted molar refractivity (Wildman–Crippen MR) is 112 cm³/mol. The average Bonchev–Trinajstić information content (AvgIpc) is 2.73. The van der Waals surface area contributed by atoms with E-state index in [4.69, 9.17) is 0 Å². The van der Waals surface area contributed by atoms with Crippen molar-refractivity contribution in [1.29, 1.82) is 0 Å². The summed E-state index contributed by atoms with van der Waals surface area (Å²) in [6.07, 6.45) is 3.56. The molecule has 4 rings (SSSR count). The van der Waals surface area contributed by atoms with Gasteiger partial charge in [-0.25, -0.2) is 18.4 Å². The van der Waals surface area contributed by atoms with Gasteiger partial charge in [-0.15, -0.1) is 0 Å². The third-order valence-electron chi connectivity index (χ3n) is 4.38. The second kappa shape index (κ2) is 7.37. The number of aromatic nitrogens is 2. The van der Waals surface area contributed by atoms with Gasteiger partial charge in [0.2, 0.25) is 9.84 Å². The molecule has 1 aromatic heterocycles. The molecule has 0 N–H and O–H groups in total. The number of aryl methyl sites for hydroxylation is 1. The first kappa shape index (κ1) is 18.1. The zero-order valence-corrected chi connectivity index (χ0v) is 16.1. The van der Waals surface area contributed by atoms with Crippen molar-refractivity contribution in [3.05, 3.63) is 95.7 Å². The zero-order chi connectivity index (χ0) is 19.6. The smallest absolute Gasteiger partial charge is 0.226 e. The van der Waals surface area contributed by atoms with Crippen molar-refractivity contribution in [1.82, 2.24) is 9.97 Å². The summed E-state index contributed by atoms with van der Waals surface area (Å²) >= 11 is 0.